The van der Waals surface area contributed by atoms with E-state index in [0.29, 0.717) is 34.1 Å². The molecule has 0 bridgehead atoms. The third-order valence-electron chi connectivity index (χ3n) is 3.37. The Hall–Kier alpha value is -2.46. The van der Waals surface area contributed by atoms with Crippen LogP contribution in [0.5, 0.6) is 5.75 Å². The molecule has 112 valence electrons. The molecule has 0 radical (unpaired) electrons. The minimum absolute atomic E-state index is 0.135. The van der Waals surface area contributed by atoms with E-state index in [4.69, 9.17) is 20.8 Å². The predicted molar refractivity (Wildman–Crippen MR) is 83.7 cm³/mol. The lowest BCUT2D eigenvalue weighted by atomic mass is 10.1. The van der Waals surface area contributed by atoms with E-state index in [1.807, 2.05) is 30.3 Å². The molecule has 22 heavy (non-hydrogen) atoms. The Bertz CT molecular complexity index is 837. The van der Waals surface area contributed by atoms with E-state index in [0.717, 1.165) is 5.56 Å². The number of carbonyl (C=O) groups is 1. The molecule has 3 aromatic rings. The molecule has 0 aliphatic heterocycles. The molecule has 0 unspecified atom stereocenters. The van der Waals surface area contributed by atoms with Crippen LogP contribution in [-0.2, 0) is 6.61 Å². The highest BCUT2D eigenvalue weighted by Crippen LogP contribution is 2.35. The Morgan fingerprint density at radius 3 is 2.68 bits per heavy atom. The van der Waals surface area contributed by atoms with E-state index in [-0.39, 0.29) is 5.56 Å². The summed E-state index contributed by atoms with van der Waals surface area (Å²) in [5.74, 6) is -0.257. The molecule has 0 saturated carbocycles. The maximum Gasteiger partial charge on any atom is 0.339 e. The van der Waals surface area contributed by atoms with Crippen molar-refractivity contribution in [2.75, 3.05) is 0 Å². The molecule has 1 N–H and O–H groups in total. The predicted octanol–water partition coefficient (Wildman–Crippen LogP) is 4.67. The highest BCUT2D eigenvalue weighted by atomic mass is 35.5. The summed E-state index contributed by atoms with van der Waals surface area (Å²) in [5, 5.41) is 10.2. The Balaban J connectivity index is 1.97. The first-order chi connectivity index (χ1) is 10.6. The van der Waals surface area contributed by atoms with Gasteiger partial charge in [0.2, 0.25) is 0 Å². The van der Waals surface area contributed by atoms with Gasteiger partial charge in [-0.15, -0.1) is 0 Å². The van der Waals surface area contributed by atoms with Crippen LogP contribution in [0.2, 0.25) is 5.02 Å². The molecule has 0 aliphatic carbocycles. The Kier molecular flexibility index (Phi) is 3.77. The Morgan fingerprint density at radius 2 is 2.00 bits per heavy atom. The first kappa shape index (κ1) is 14.5. The number of carboxylic acid groups (broad SMARTS) is 1. The summed E-state index contributed by atoms with van der Waals surface area (Å²) in [6.45, 7) is 1.97. The normalized spacial score (nSPS) is 10.8. The first-order valence-corrected chi connectivity index (χ1v) is 7.06. The fourth-order valence-corrected chi connectivity index (χ4v) is 2.54. The van der Waals surface area contributed by atoms with Gasteiger partial charge in [0.05, 0.1) is 5.02 Å². The molecule has 0 fully saturated rings. The Labute approximate surface area is 131 Å². The summed E-state index contributed by atoms with van der Waals surface area (Å²) in [6, 6.07) is 12.8. The number of carboxylic acids is 1. The van der Waals surface area contributed by atoms with Gasteiger partial charge in [-0.05, 0) is 18.6 Å². The molecule has 0 amide bonds. The molecule has 1 aromatic heterocycles. The lowest BCUT2D eigenvalue weighted by Crippen LogP contribution is -1.98. The molecule has 0 spiro atoms. The number of fused-ring (bicyclic) bond motifs is 1. The van der Waals surface area contributed by atoms with E-state index in [9.17, 15) is 9.90 Å². The number of aromatic carboxylic acids is 1. The molecule has 0 atom stereocenters. The molecule has 0 saturated heterocycles. The summed E-state index contributed by atoms with van der Waals surface area (Å²) in [5.41, 5.74) is 1.57. The second-order valence-corrected chi connectivity index (χ2v) is 5.30. The van der Waals surface area contributed by atoms with Crippen LogP contribution in [0.4, 0.5) is 0 Å². The summed E-state index contributed by atoms with van der Waals surface area (Å²) in [6.07, 6.45) is 0. The average molecular weight is 317 g/mol. The van der Waals surface area contributed by atoms with Gasteiger partial charge in [-0.2, -0.15) is 0 Å². The van der Waals surface area contributed by atoms with Gasteiger partial charge >= 0.3 is 5.97 Å². The summed E-state index contributed by atoms with van der Waals surface area (Å²) in [7, 11) is 0. The van der Waals surface area contributed by atoms with Crippen molar-refractivity contribution in [3.63, 3.8) is 0 Å². The van der Waals surface area contributed by atoms with Crippen LogP contribution < -0.4 is 4.74 Å². The van der Waals surface area contributed by atoms with Crippen molar-refractivity contribution in [3.05, 3.63) is 64.4 Å². The second-order valence-electron chi connectivity index (χ2n) is 4.89. The summed E-state index contributed by atoms with van der Waals surface area (Å²) < 4.78 is 11.1. The van der Waals surface area contributed by atoms with Crippen LogP contribution in [0.1, 0.15) is 21.7 Å². The van der Waals surface area contributed by atoms with Crippen LogP contribution >= 0.6 is 11.6 Å². The number of hydrogen-bond acceptors (Lipinski definition) is 3. The number of rotatable bonds is 4. The van der Waals surface area contributed by atoms with Gasteiger partial charge in [0.1, 0.15) is 29.3 Å². The smallest absolute Gasteiger partial charge is 0.339 e. The maximum absolute atomic E-state index is 11.3. The van der Waals surface area contributed by atoms with Crippen molar-refractivity contribution in [1.29, 1.82) is 0 Å². The highest BCUT2D eigenvalue weighted by Gasteiger charge is 2.19. The zero-order valence-electron chi connectivity index (χ0n) is 11.8. The number of hydrogen-bond donors (Lipinski definition) is 1. The van der Waals surface area contributed by atoms with Crippen LogP contribution in [0.15, 0.2) is 46.9 Å². The molecule has 1 heterocycles. The minimum atomic E-state index is -1.03. The summed E-state index contributed by atoms with van der Waals surface area (Å²) >= 11 is 6.18. The molecule has 0 aliphatic rings. The second kappa shape index (κ2) is 5.73. The molecular formula is C17H13ClO4. The fourth-order valence-electron chi connectivity index (χ4n) is 2.33. The van der Waals surface area contributed by atoms with E-state index < -0.39 is 5.97 Å². The number of ether oxygens (including phenoxy) is 1. The van der Waals surface area contributed by atoms with E-state index in [1.54, 1.807) is 19.1 Å². The zero-order valence-corrected chi connectivity index (χ0v) is 12.6. The average Bonchev–Trinajstić information content (AvgIpc) is 2.80. The van der Waals surface area contributed by atoms with Gasteiger partial charge in [-0.1, -0.05) is 41.9 Å². The van der Waals surface area contributed by atoms with Gasteiger partial charge in [0.25, 0.3) is 0 Å². The van der Waals surface area contributed by atoms with E-state index in [2.05, 4.69) is 0 Å². The highest BCUT2D eigenvalue weighted by molar-refractivity contribution is 6.33. The molecular weight excluding hydrogens is 304 g/mol. The monoisotopic (exact) mass is 316 g/mol. The van der Waals surface area contributed by atoms with Gasteiger partial charge in [0, 0.05) is 11.5 Å². The lowest BCUT2D eigenvalue weighted by Gasteiger charge is -2.08. The number of halogens is 1. The zero-order chi connectivity index (χ0) is 15.7. The third-order valence-corrected chi connectivity index (χ3v) is 3.66. The number of furan rings is 1. The molecule has 2 aromatic carbocycles. The SMILES string of the molecule is Cc1oc2cc(Cl)c(OCc3ccccc3)cc2c1C(=O)O. The van der Waals surface area contributed by atoms with Crippen molar-refractivity contribution in [1.82, 2.24) is 0 Å². The van der Waals surface area contributed by atoms with E-state index >= 15 is 0 Å². The van der Waals surface area contributed by atoms with Gasteiger partial charge in [0.15, 0.2) is 0 Å². The Morgan fingerprint density at radius 1 is 1.27 bits per heavy atom. The van der Waals surface area contributed by atoms with Crippen LogP contribution in [-0.4, -0.2) is 11.1 Å². The van der Waals surface area contributed by atoms with Gasteiger partial charge in [-0.3, -0.25) is 0 Å². The van der Waals surface area contributed by atoms with Crippen LogP contribution in [0.25, 0.3) is 11.0 Å². The van der Waals surface area contributed by atoms with Crippen molar-refractivity contribution in [2.24, 2.45) is 0 Å². The van der Waals surface area contributed by atoms with Crippen molar-refractivity contribution >= 4 is 28.5 Å². The quantitative estimate of drug-likeness (QED) is 0.759. The minimum Gasteiger partial charge on any atom is -0.487 e. The number of aryl methyl sites for hydroxylation is 1. The standard InChI is InChI=1S/C17H13ClO4/c1-10-16(17(19)20)12-7-15(13(18)8-14(12)22-10)21-9-11-5-3-2-4-6-11/h2-8H,9H2,1H3,(H,19,20). The van der Waals surface area contributed by atoms with Gasteiger partial charge in [-0.25, -0.2) is 4.79 Å². The van der Waals surface area contributed by atoms with Crippen molar-refractivity contribution < 1.29 is 19.1 Å². The molecule has 5 heteroatoms. The largest absolute Gasteiger partial charge is 0.487 e. The van der Waals surface area contributed by atoms with Crippen molar-refractivity contribution in [2.45, 2.75) is 13.5 Å². The van der Waals surface area contributed by atoms with Crippen LogP contribution in [0, 0.1) is 6.92 Å². The molecule has 3 rings (SSSR count). The van der Waals surface area contributed by atoms with E-state index in [1.165, 1.54) is 0 Å². The maximum atomic E-state index is 11.3. The fraction of sp³-hybridized carbons (Fsp3) is 0.118. The summed E-state index contributed by atoms with van der Waals surface area (Å²) in [4.78, 5) is 11.3. The third kappa shape index (κ3) is 2.65. The van der Waals surface area contributed by atoms with Gasteiger partial charge < -0.3 is 14.3 Å². The van der Waals surface area contributed by atoms with Crippen LogP contribution in [0.3, 0.4) is 0 Å². The lowest BCUT2D eigenvalue weighted by molar-refractivity contribution is 0.0697. The molecule has 4 nitrogen and oxygen atoms in total. The number of benzene rings is 2. The first-order valence-electron chi connectivity index (χ1n) is 6.69. The topological polar surface area (TPSA) is 59.7 Å². The van der Waals surface area contributed by atoms with Crippen molar-refractivity contribution in [3.8, 4) is 5.75 Å².